The van der Waals surface area contributed by atoms with Crippen LogP contribution in [0.2, 0.25) is 0 Å². The van der Waals surface area contributed by atoms with Crippen molar-refractivity contribution in [2.24, 2.45) is 0 Å². The summed E-state index contributed by atoms with van der Waals surface area (Å²) in [6, 6.07) is 7.33. The fourth-order valence-electron chi connectivity index (χ4n) is 2.32. The molecule has 0 bridgehead atoms. The minimum absolute atomic E-state index is 0.0795. The van der Waals surface area contributed by atoms with Crippen LogP contribution in [0.3, 0.4) is 0 Å². The summed E-state index contributed by atoms with van der Waals surface area (Å²) in [5, 5.41) is 21.3. The third-order valence-corrected chi connectivity index (χ3v) is 4.19. The Morgan fingerprint density at radius 1 is 1.22 bits per heavy atom. The van der Waals surface area contributed by atoms with Gasteiger partial charge in [-0.1, -0.05) is 12.1 Å². The van der Waals surface area contributed by atoms with Crippen LogP contribution in [0.4, 0.5) is 16.0 Å². The van der Waals surface area contributed by atoms with Crippen LogP contribution in [-0.2, 0) is 17.9 Å². The van der Waals surface area contributed by atoms with Gasteiger partial charge < -0.3 is 15.4 Å². The number of hydrogen-bond donors (Lipinski definition) is 1. The predicted molar refractivity (Wildman–Crippen MR) is 97.6 cm³/mol. The molecule has 0 spiro atoms. The molecule has 0 saturated heterocycles. The number of hydrogen-bond acceptors (Lipinski definition) is 5. The lowest BCUT2D eigenvalue weighted by Gasteiger charge is -2.03. The molecule has 0 atom stereocenters. The lowest BCUT2D eigenvalue weighted by Crippen LogP contribution is -2.15. The molecule has 3 rings (SSSR count). The van der Waals surface area contributed by atoms with Crippen LogP contribution in [0, 0.1) is 15.9 Å². The summed E-state index contributed by atoms with van der Waals surface area (Å²) in [4.78, 5) is 22.1. The topological polar surface area (TPSA) is 108 Å². The highest BCUT2D eigenvalue weighted by atomic mass is 79.9. The number of nitro groups is 1. The quantitative estimate of drug-likeness (QED) is 0.452. The van der Waals surface area contributed by atoms with Crippen molar-refractivity contribution in [1.29, 1.82) is 0 Å². The van der Waals surface area contributed by atoms with Gasteiger partial charge >= 0.3 is 5.82 Å². The van der Waals surface area contributed by atoms with Crippen molar-refractivity contribution in [3.05, 3.63) is 68.7 Å². The standard InChI is InChI=1S/C16H14BrFN6O3/c17-13-10-23(9-11-1-3-12(18)4-2-11)21-16(13)19-15(25)6-8-22-7-5-14(20-22)24(26)27/h1-5,7,10H,6,8-9H2,(H,19,21,25). The monoisotopic (exact) mass is 436 g/mol. The van der Waals surface area contributed by atoms with Gasteiger partial charge in [0.2, 0.25) is 5.91 Å². The Labute approximate surface area is 161 Å². The van der Waals surface area contributed by atoms with Gasteiger partial charge in [-0.15, -0.1) is 0 Å². The van der Waals surface area contributed by atoms with Crippen LogP contribution in [0.5, 0.6) is 0 Å². The fraction of sp³-hybridized carbons (Fsp3) is 0.188. The summed E-state index contributed by atoms with van der Waals surface area (Å²) in [7, 11) is 0. The second kappa shape index (κ2) is 8.08. The Morgan fingerprint density at radius 3 is 2.63 bits per heavy atom. The molecule has 1 N–H and O–H groups in total. The first-order chi connectivity index (χ1) is 12.9. The van der Waals surface area contributed by atoms with Gasteiger partial charge in [-0.2, -0.15) is 9.78 Å². The zero-order valence-electron chi connectivity index (χ0n) is 13.9. The average Bonchev–Trinajstić information content (AvgIpc) is 3.22. The summed E-state index contributed by atoms with van der Waals surface area (Å²) in [6.45, 7) is 0.624. The predicted octanol–water partition coefficient (Wildman–Crippen LogP) is 2.97. The number of aryl methyl sites for hydroxylation is 1. The molecule has 1 amide bonds. The van der Waals surface area contributed by atoms with Crippen molar-refractivity contribution < 1.29 is 14.1 Å². The van der Waals surface area contributed by atoms with Crippen LogP contribution in [0.1, 0.15) is 12.0 Å². The lowest BCUT2D eigenvalue weighted by molar-refractivity contribution is -0.389. The van der Waals surface area contributed by atoms with Gasteiger partial charge in [0.15, 0.2) is 5.82 Å². The van der Waals surface area contributed by atoms with Crippen molar-refractivity contribution in [3.63, 3.8) is 0 Å². The maximum atomic E-state index is 13.0. The normalized spacial score (nSPS) is 10.7. The van der Waals surface area contributed by atoms with E-state index in [4.69, 9.17) is 0 Å². The Bertz CT molecular complexity index is 969. The Morgan fingerprint density at radius 2 is 1.96 bits per heavy atom. The van der Waals surface area contributed by atoms with Crippen molar-refractivity contribution in [2.75, 3.05) is 5.32 Å². The summed E-state index contributed by atoms with van der Waals surface area (Å²) >= 11 is 3.34. The maximum Gasteiger partial charge on any atom is 0.389 e. The number of amides is 1. The molecule has 0 aliphatic carbocycles. The SMILES string of the molecule is O=C(CCn1ccc([N+](=O)[O-])n1)Nc1nn(Cc2ccc(F)cc2)cc1Br. The number of carbonyl (C=O) groups excluding carboxylic acids is 1. The molecule has 0 aliphatic heterocycles. The number of aromatic nitrogens is 4. The van der Waals surface area contributed by atoms with Crippen LogP contribution >= 0.6 is 15.9 Å². The molecule has 27 heavy (non-hydrogen) atoms. The second-order valence-corrected chi connectivity index (χ2v) is 6.50. The zero-order chi connectivity index (χ0) is 19.4. The van der Waals surface area contributed by atoms with E-state index in [1.165, 1.54) is 29.1 Å². The van der Waals surface area contributed by atoms with Gasteiger partial charge in [-0.05, 0) is 38.5 Å². The van der Waals surface area contributed by atoms with Crippen LogP contribution in [0.25, 0.3) is 0 Å². The highest BCUT2D eigenvalue weighted by Gasteiger charge is 2.14. The Balaban J connectivity index is 1.56. The van der Waals surface area contributed by atoms with E-state index in [1.807, 2.05) is 0 Å². The molecule has 0 fully saturated rings. The van der Waals surface area contributed by atoms with Crippen LogP contribution in [0.15, 0.2) is 47.2 Å². The minimum Gasteiger partial charge on any atom is -0.358 e. The van der Waals surface area contributed by atoms with E-state index in [1.54, 1.807) is 23.0 Å². The molecule has 140 valence electrons. The second-order valence-electron chi connectivity index (χ2n) is 5.64. The minimum atomic E-state index is -0.596. The van der Waals surface area contributed by atoms with Crippen LogP contribution < -0.4 is 5.32 Å². The molecule has 0 radical (unpaired) electrons. The van der Waals surface area contributed by atoms with E-state index in [9.17, 15) is 19.3 Å². The van der Waals surface area contributed by atoms with E-state index in [-0.39, 0.29) is 30.5 Å². The van der Waals surface area contributed by atoms with Gasteiger partial charge in [-0.3, -0.25) is 9.48 Å². The first-order valence-corrected chi connectivity index (χ1v) is 8.65. The first-order valence-electron chi connectivity index (χ1n) is 7.86. The summed E-state index contributed by atoms with van der Waals surface area (Å²) < 4.78 is 16.5. The smallest absolute Gasteiger partial charge is 0.358 e. The highest BCUT2D eigenvalue weighted by molar-refractivity contribution is 9.10. The molecule has 2 aromatic heterocycles. The first kappa shape index (κ1) is 18.7. The molecule has 3 aromatic rings. The number of benzene rings is 1. The number of rotatable bonds is 7. The van der Waals surface area contributed by atoms with Gasteiger partial charge in [0.25, 0.3) is 0 Å². The Kier molecular flexibility index (Phi) is 5.60. The van der Waals surface area contributed by atoms with Gasteiger partial charge in [-0.25, -0.2) is 4.39 Å². The van der Waals surface area contributed by atoms with Gasteiger partial charge in [0.05, 0.1) is 34.9 Å². The Hall–Kier alpha value is -3.08. The van der Waals surface area contributed by atoms with E-state index in [2.05, 4.69) is 31.4 Å². The number of nitrogens with zero attached hydrogens (tertiary/aromatic N) is 5. The average molecular weight is 437 g/mol. The molecule has 0 unspecified atom stereocenters. The summed E-state index contributed by atoms with van der Waals surface area (Å²) in [6.07, 6.45) is 3.23. The fourth-order valence-corrected chi connectivity index (χ4v) is 2.74. The largest absolute Gasteiger partial charge is 0.389 e. The molecule has 0 aliphatic rings. The van der Waals surface area contributed by atoms with Crippen molar-refractivity contribution in [3.8, 4) is 0 Å². The number of halogens is 2. The lowest BCUT2D eigenvalue weighted by atomic mass is 10.2. The van der Waals surface area contributed by atoms with Gasteiger partial charge in [0.1, 0.15) is 5.82 Å². The molecular formula is C16H14BrFN6O3. The molecule has 11 heteroatoms. The summed E-state index contributed by atoms with van der Waals surface area (Å²) in [5.41, 5.74) is 0.865. The van der Waals surface area contributed by atoms with E-state index >= 15 is 0 Å². The number of anilines is 1. The van der Waals surface area contributed by atoms with Crippen molar-refractivity contribution in [1.82, 2.24) is 19.6 Å². The molecule has 2 heterocycles. The molecule has 9 nitrogen and oxygen atoms in total. The third kappa shape index (κ3) is 4.97. The molecule has 0 saturated carbocycles. The molecular weight excluding hydrogens is 423 g/mol. The van der Waals surface area contributed by atoms with Crippen LogP contribution in [-0.4, -0.2) is 30.4 Å². The maximum absolute atomic E-state index is 13.0. The van der Waals surface area contributed by atoms with E-state index in [0.29, 0.717) is 16.8 Å². The van der Waals surface area contributed by atoms with E-state index < -0.39 is 4.92 Å². The highest BCUT2D eigenvalue weighted by Crippen LogP contribution is 2.21. The molecule has 1 aromatic carbocycles. The zero-order valence-corrected chi connectivity index (χ0v) is 15.5. The van der Waals surface area contributed by atoms with Crippen molar-refractivity contribution >= 4 is 33.5 Å². The summed E-state index contributed by atoms with van der Waals surface area (Å²) in [5.74, 6) is -0.525. The number of carbonyl (C=O) groups is 1. The number of nitrogens with one attached hydrogen (secondary N) is 1. The third-order valence-electron chi connectivity index (χ3n) is 3.61. The van der Waals surface area contributed by atoms with Gasteiger partial charge in [0, 0.05) is 12.6 Å². The van der Waals surface area contributed by atoms with Crippen molar-refractivity contribution in [2.45, 2.75) is 19.5 Å². The van der Waals surface area contributed by atoms with E-state index in [0.717, 1.165) is 5.56 Å².